The summed E-state index contributed by atoms with van der Waals surface area (Å²) in [6.07, 6.45) is 0. The van der Waals surface area contributed by atoms with E-state index >= 15 is 0 Å². The fourth-order valence-electron chi connectivity index (χ4n) is 2.52. The molecule has 3 aromatic heterocycles. The summed E-state index contributed by atoms with van der Waals surface area (Å²) >= 11 is 1.07. The predicted molar refractivity (Wildman–Crippen MR) is 107 cm³/mol. The van der Waals surface area contributed by atoms with Crippen LogP contribution in [0.4, 0.5) is 10.9 Å². The second-order valence-electron chi connectivity index (χ2n) is 6.00. The summed E-state index contributed by atoms with van der Waals surface area (Å²) in [5, 5.41) is 14.9. The molecule has 12 heteroatoms. The fraction of sp³-hybridized carbons (Fsp3) is 0.211. The second kappa shape index (κ2) is 9.26. The zero-order valence-corrected chi connectivity index (χ0v) is 17.1. The molecule has 11 nitrogen and oxygen atoms in total. The lowest BCUT2D eigenvalue weighted by Gasteiger charge is -2.08. The maximum atomic E-state index is 12.5. The summed E-state index contributed by atoms with van der Waals surface area (Å²) in [6.45, 7) is 2.83. The molecule has 0 saturated carbocycles. The van der Waals surface area contributed by atoms with E-state index < -0.39 is 41.0 Å². The molecule has 0 unspecified atom stereocenters. The highest BCUT2D eigenvalue weighted by molar-refractivity contribution is 7.15. The zero-order valence-electron chi connectivity index (χ0n) is 16.3. The number of nitrogens with zero attached hydrogens (tertiary/aromatic N) is 1. The minimum Gasteiger partial charge on any atom is -0.462 e. The van der Waals surface area contributed by atoms with Gasteiger partial charge < -0.3 is 23.6 Å². The third kappa shape index (κ3) is 4.98. The lowest BCUT2D eigenvalue weighted by molar-refractivity contribution is -0.402. The van der Waals surface area contributed by atoms with Crippen molar-refractivity contribution in [2.45, 2.75) is 13.8 Å². The van der Waals surface area contributed by atoms with Crippen LogP contribution in [0.25, 0.3) is 11.3 Å². The van der Waals surface area contributed by atoms with Crippen LogP contribution < -0.4 is 5.32 Å². The molecule has 3 aromatic rings. The zero-order chi connectivity index (χ0) is 22.5. The van der Waals surface area contributed by atoms with E-state index in [0.29, 0.717) is 17.1 Å². The van der Waals surface area contributed by atoms with Crippen molar-refractivity contribution < 1.29 is 37.6 Å². The van der Waals surface area contributed by atoms with E-state index in [0.717, 1.165) is 23.5 Å². The van der Waals surface area contributed by atoms with Gasteiger partial charge in [0.25, 0.3) is 5.91 Å². The summed E-state index contributed by atoms with van der Waals surface area (Å²) in [7, 11) is 0. The number of carbonyl (C=O) groups is 3. The number of furan rings is 2. The Morgan fingerprint density at radius 1 is 1.13 bits per heavy atom. The summed E-state index contributed by atoms with van der Waals surface area (Å²) < 4.78 is 20.2. The average molecular weight is 448 g/mol. The molecule has 1 amide bonds. The number of nitrogens with one attached hydrogen (secondary N) is 1. The normalized spacial score (nSPS) is 10.5. The van der Waals surface area contributed by atoms with Crippen LogP contribution in [0.3, 0.4) is 0 Å². The second-order valence-corrected chi connectivity index (χ2v) is 6.88. The van der Waals surface area contributed by atoms with E-state index in [1.807, 2.05) is 0 Å². The number of amides is 1. The van der Waals surface area contributed by atoms with Gasteiger partial charge in [-0.05, 0) is 32.0 Å². The molecule has 0 spiro atoms. The Balaban J connectivity index is 1.71. The van der Waals surface area contributed by atoms with Gasteiger partial charge in [-0.3, -0.25) is 14.9 Å². The first-order valence-electron chi connectivity index (χ1n) is 8.86. The van der Waals surface area contributed by atoms with Gasteiger partial charge in [0.05, 0.1) is 12.7 Å². The predicted octanol–water partition coefficient (Wildman–Crippen LogP) is 3.79. The van der Waals surface area contributed by atoms with Crippen LogP contribution in [-0.2, 0) is 14.3 Å². The SMILES string of the molecule is CCOC(=O)c1c(-c2ccc(C)o2)csc1NC(=O)COC(=O)c1ccc([N+](=O)[O-])o1. The molecule has 0 saturated heterocycles. The van der Waals surface area contributed by atoms with Crippen molar-refractivity contribution in [2.24, 2.45) is 0 Å². The van der Waals surface area contributed by atoms with Crippen molar-refractivity contribution in [3.8, 4) is 11.3 Å². The number of nitro groups is 1. The Labute approximate surface area is 178 Å². The third-order valence-corrected chi connectivity index (χ3v) is 4.73. The van der Waals surface area contributed by atoms with Gasteiger partial charge in [0.2, 0.25) is 5.76 Å². The van der Waals surface area contributed by atoms with Gasteiger partial charge in [-0.1, -0.05) is 0 Å². The highest BCUT2D eigenvalue weighted by atomic mass is 32.1. The van der Waals surface area contributed by atoms with Gasteiger partial charge in [-0.15, -0.1) is 11.3 Å². The molecule has 0 aromatic carbocycles. The number of ether oxygens (including phenoxy) is 2. The van der Waals surface area contributed by atoms with Crippen molar-refractivity contribution in [3.05, 3.63) is 56.8 Å². The number of hydrogen-bond donors (Lipinski definition) is 1. The van der Waals surface area contributed by atoms with Crippen molar-refractivity contribution >= 4 is 40.1 Å². The molecule has 1 N–H and O–H groups in total. The lowest BCUT2D eigenvalue weighted by atomic mass is 10.1. The number of carbonyl (C=O) groups excluding carboxylic acids is 3. The molecule has 0 fully saturated rings. The molecule has 0 aliphatic carbocycles. The number of aryl methyl sites for hydroxylation is 1. The standard InChI is InChI=1S/C19H16N2O9S/c1-3-27-19(24)16-11(12-5-4-10(2)29-12)9-31-17(16)20-14(22)8-28-18(23)13-6-7-15(30-13)21(25)26/h4-7,9H,3,8H2,1-2H3,(H,20,22). The summed E-state index contributed by atoms with van der Waals surface area (Å²) in [4.78, 5) is 46.4. The first kappa shape index (κ1) is 21.8. The average Bonchev–Trinajstić information content (AvgIpc) is 3.45. The smallest absolute Gasteiger partial charge is 0.433 e. The number of anilines is 1. The Bertz CT molecular complexity index is 1140. The molecular formula is C19H16N2O9S. The highest BCUT2D eigenvalue weighted by Crippen LogP contribution is 2.37. The minimum absolute atomic E-state index is 0.113. The van der Waals surface area contributed by atoms with Gasteiger partial charge >= 0.3 is 17.8 Å². The van der Waals surface area contributed by atoms with Crippen LogP contribution in [0.2, 0.25) is 0 Å². The maximum Gasteiger partial charge on any atom is 0.433 e. The summed E-state index contributed by atoms with van der Waals surface area (Å²) in [5.74, 6) is -2.40. The van der Waals surface area contributed by atoms with E-state index in [-0.39, 0.29) is 17.2 Å². The first-order chi connectivity index (χ1) is 14.8. The molecular weight excluding hydrogens is 432 g/mol. The van der Waals surface area contributed by atoms with Crippen molar-refractivity contribution in [1.82, 2.24) is 0 Å². The van der Waals surface area contributed by atoms with Crippen LogP contribution in [-0.4, -0.2) is 36.0 Å². The first-order valence-corrected chi connectivity index (χ1v) is 9.74. The third-order valence-electron chi connectivity index (χ3n) is 3.84. The van der Waals surface area contributed by atoms with Gasteiger partial charge in [0, 0.05) is 10.9 Å². The Kier molecular flexibility index (Phi) is 6.50. The summed E-state index contributed by atoms with van der Waals surface area (Å²) in [5.41, 5.74) is 0.564. The topological polar surface area (TPSA) is 151 Å². The van der Waals surface area contributed by atoms with E-state index in [1.54, 1.807) is 31.4 Å². The van der Waals surface area contributed by atoms with Crippen molar-refractivity contribution in [1.29, 1.82) is 0 Å². The Hall–Kier alpha value is -3.93. The van der Waals surface area contributed by atoms with Crippen LogP contribution in [0.15, 0.2) is 38.5 Å². The van der Waals surface area contributed by atoms with Gasteiger partial charge in [0.15, 0.2) is 6.61 Å². The fourth-order valence-corrected chi connectivity index (χ4v) is 3.47. The number of esters is 2. The van der Waals surface area contributed by atoms with Crippen LogP contribution >= 0.6 is 11.3 Å². The van der Waals surface area contributed by atoms with E-state index in [2.05, 4.69) is 5.32 Å². The van der Waals surface area contributed by atoms with Crippen LogP contribution in [0.5, 0.6) is 0 Å². The Morgan fingerprint density at radius 2 is 1.90 bits per heavy atom. The monoisotopic (exact) mass is 448 g/mol. The largest absolute Gasteiger partial charge is 0.462 e. The molecule has 3 heterocycles. The van der Waals surface area contributed by atoms with Gasteiger partial charge in [-0.2, -0.15) is 0 Å². The maximum absolute atomic E-state index is 12.5. The molecule has 0 aliphatic rings. The lowest BCUT2D eigenvalue weighted by Crippen LogP contribution is -2.21. The molecule has 0 radical (unpaired) electrons. The quantitative estimate of drug-likeness (QED) is 0.308. The number of hydrogen-bond acceptors (Lipinski definition) is 10. The molecule has 0 atom stereocenters. The molecule has 162 valence electrons. The molecule has 0 bridgehead atoms. The van der Waals surface area contributed by atoms with Gasteiger partial charge in [0.1, 0.15) is 27.0 Å². The number of thiophene rings is 1. The molecule has 0 aliphatic heterocycles. The molecule has 31 heavy (non-hydrogen) atoms. The van der Waals surface area contributed by atoms with E-state index in [4.69, 9.17) is 18.3 Å². The van der Waals surface area contributed by atoms with Gasteiger partial charge in [-0.25, -0.2) is 9.59 Å². The van der Waals surface area contributed by atoms with Crippen LogP contribution in [0, 0.1) is 17.0 Å². The van der Waals surface area contributed by atoms with E-state index in [9.17, 15) is 24.5 Å². The Morgan fingerprint density at radius 3 is 2.52 bits per heavy atom. The van der Waals surface area contributed by atoms with Crippen LogP contribution in [0.1, 0.15) is 33.6 Å². The van der Waals surface area contributed by atoms with Crippen molar-refractivity contribution in [3.63, 3.8) is 0 Å². The summed E-state index contributed by atoms with van der Waals surface area (Å²) in [6, 6.07) is 5.48. The van der Waals surface area contributed by atoms with Crippen molar-refractivity contribution in [2.75, 3.05) is 18.5 Å². The van der Waals surface area contributed by atoms with E-state index in [1.165, 1.54) is 0 Å². The molecule has 3 rings (SSSR count). The number of rotatable bonds is 8. The minimum atomic E-state index is -1.05. The highest BCUT2D eigenvalue weighted by Gasteiger charge is 2.25.